The van der Waals surface area contributed by atoms with Gasteiger partial charge in [0, 0.05) is 0 Å². The van der Waals surface area contributed by atoms with E-state index in [1.165, 1.54) is 18.9 Å². The molecule has 0 radical (unpaired) electrons. The molecule has 184 valence electrons. The van der Waals surface area contributed by atoms with Gasteiger partial charge in [-0.05, 0) is 46.7 Å². The second kappa shape index (κ2) is 11.8. The summed E-state index contributed by atoms with van der Waals surface area (Å²) in [5.74, 6) is -0.903. The molecule has 3 aromatic carbocycles. The first-order valence-electron chi connectivity index (χ1n) is 11.0. The molecule has 3 aromatic rings. The molecule has 0 aliphatic carbocycles. The number of benzene rings is 3. The van der Waals surface area contributed by atoms with Gasteiger partial charge < -0.3 is 14.6 Å². The Hall–Kier alpha value is -3.75. The smallest absolute Gasteiger partial charge is 0.341 e. The molecule has 1 aliphatic heterocycles. The van der Waals surface area contributed by atoms with Crippen molar-refractivity contribution in [3.8, 4) is 11.5 Å². The number of aliphatic carboxylic acids is 1. The van der Waals surface area contributed by atoms with Gasteiger partial charge in [-0.3, -0.25) is 14.7 Å². The molecule has 4 rings (SSSR count). The van der Waals surface area contributed by atoms with E-state index in [0.717, 1.165) is 11.1 Å². The highest BCUT2D eigenvalue weighted by Gasteiger charge is 2.33. The van der Waals surface area contributed by atoms with Gasteiger partial charge in [-0.25, -0.2) is 4.79 Å². The third-order valence-corrected chi connectivity index (χ3v) is 6.53. The molecule has 9 heteroatoms. The zero-order valence-corrected chi connectivity index (χ0v) is 21.0. The Kier molecular flexibility index (Phi) is 8.30. The van der Waals surface area contributed by atoms with Crippen molar-refractivity contribution < 1.29 is 24.2 Å². The number of hydrogen-bond donors (Lipinski definition) is 1. The third-order valence-electron chi connectivity index (χ3n) is 5.20. The van der Waals surface area contributed by atoms with Crippen molar-refractivity contribution in [3.05, 3.63) is 99.4 Å². The summed E-state index contributed by atoms with van der Waals surface area (Å²) >= 11 is 7.64. The molecule has 0 spiro atoms. The van der Waals surface area contributed by atoms with Crippen LogP contribution in [0.25, 0.3) is 6.08 Å². The summed E-state index contributed by atoms with van der Waals surface area (Å²) in [5.41, 5.74) is 2.65. The fraction of sp³-hybridized carbons (Fsp3) is 0.148. The Balaban J connectivity index is 1.64. The SMILES string of the molecule is COc1cc(/C=C2/SC(=NCc3ccccc3)N(Cc3ccccc3)C2=O)cc(Cl)c1OCC(=O)O. The van der Waals surface area contributed by atoms with E-state index in [4.69, 9.17) is 31.2 Å². The van der Waals surface area contributed by atoms with Crippen LogP contribution >= 0.6 is 23.4 Å². The van der Waals surface area contributed by atoms with Crippen molar-refractivity contribution in [2.45, 2.75) is 13.1 Å². The highest BCUT2D eigenvalue weighted by Crippen LogP contribution is 2.39. The molecule has 0 saturated carbocycles. The van der Waals surface area contributed by atoms with E-state index in [0.29, 0.717) is 28.7 Å². The van der Waals surface area contributed by atoms with Crippen molar-refractivity contribution in [1.29, 1.82) is 0 Å². The maximum absolute atomic E-state index is 13.4. The van der Waals surface area contributed by atoms with Gasteiger partial charge in [-0.15, -0.1) is 0 Å². The van der Waals surface area contributed by atoms with Gasteiger partial charge in [0.1, 0.15) is 0 Å². The largest absolute Gasteiger partial charge is 0.493 e. The molecule has 0 unspecified atom stereocenters. The number of rotatable bonds is 9. The number of amidine groups is 1. The fourth-order valence-corrected chi connectivity index (χ4v) is 4.77. The number of halogens is 1. The number of amides is 1. The number of hydrogen-bond acceptors (Lipinski definition) is 6. The van der Waals surface area contributed by atoms with Crippen LogP contribution in [0.1, 0.15) is 16.7 Å². The van der Waals surface area contributed by atoms with E-state index < -0.39 is 12.6 Å². The molecule has 1 aliphatic rings. The second-order valence-corrected chi connectivity index (χ2v) is 9.20. The van der Waals surface area contributed by atoms with E-state index in [9.17, 15) is 9.59 Å². The number of carbonyl (C=O) groups excluding carboxylic acids is 1. The van der Waals surface area contributed by atoms with Crippen LogP contribution < -0.4 is 9.47 Å². The molecular formula is C27H23ClN2O5S. The first-order valence-corrected chi connectivity index (χ1v) is 12.2. The van der Waals surface area contributed by atoms with E-state index >= 15 is 0 Å². The first-order chi connectivity index (χ1) is 17.4. The molecule has 0 atom stereocenters. The number of carboxylic acid groups (broad SMARTS) is 1. The van der Waals surface area contributed by atoms with Crippen LogP contribution in [0.3, 0.4) is 0 Å². The molecule has 0 bridgehead atoms. The molecule has 1 N–H and O–H groups in total. The molecule has 36 heavy (non-hydrogen) atoms. The van der Waals surface area contributed by atoms with E-state index in [1.807, 2.05) is 60.7 Å². The Morgan fingerprint density at radius 2 is 1.75 bits per heavy atom. The number of aliphatic imine (C=N–C) groups is 1. The summed E-state index contributed by atoms with van der Waals surface area (Å²) in [6.45, 7) is 0.286. The lowest BCUT2D eigenvalue weighted by Gasteiger charge is -2.15. The van der Waals surface area contributed by atoms with Crippen molar-refractivity contribution in [2.75, 3.05) is 13.7 Å². The summed E-state index contributed by atoms with van der Waals surface area (Å²) in [6, 6.07) is 22.8. The zero-order chi connectivity index (χ0) is 25.5. The average Bonchev–Trinajstić information content (AvgIpc) is 3.16. The Morgan fingerprint density at radius 3 is 2.39 bits per heavy atom. The molecule has 1 heterocycles. The maximum Gasteiger partial charge on any atom is 0.341 e. The summed E-state index contributed by atoms with van der Waals surface area (Å²) in [6.07, 6.45) is 1.71. The van der Waals surface area contributed by atoms with Gasteiger partial charge in [0.15, 0.2) is 23.3 Å². The number of nitrogens with zero attached hydrogens (tertiary/aromatic N) is 2. The fourth-order valence-electron chi connectivity index (χ4n) is 3.52. The zero-order valence-electron chi connectivity index (χ0n) is 19.4. The molecule has 1 saturated heterocycles. The minimum atomic E-state index is -1.13. The van der Waals surface area contributed by atoms with Gasteiger partial charge in [0.2, 0.25) is 0 Å². The van der Waals surface area contributed by atoms with Crippen LogP contribution in [0.4, 0.5) is 0 Å². The highest BCUT2D eigenvalue weighted by atomic mass is 35.5. The topological polar surface area (TPSA) is 88.4 Å². The quantitative estimate of drug-likeness (QED) is 0.374. The van der Waals surface area contributed by atoms with Crippen molar-refractivity contribution in [2.24, 2.45) is 4.99 Å². The van der Waals surface area contributed by atoms with Crippen LogP contribution in [0.15, 0.2) is 82.7 Å². The number of ether oxygens (including phenoxy) is 2. The minimum Gasteiger partial charge on any atom is -0.493 e. The predicted octanol–water partition coefficient (Wildman–Crippen LogP) is 5.48. The Morgan fingerprint density at radius 1 is 1.08 bits per heavy atom. The molecular weight excluding hydrogens is 500 g/mol. The summed E-state index contributed by atoms with van der Waals surface area (Å²) in [4.78, 5) is 31.2. The lowest BCUT2D eigenvalue weighted by Crippen LogP contribution is -2.28. The van der Waals surface area contributed by atoms with Crippen LogP contribution in [-0.4, -0.2) is 40.8 Å². The number of carboxylic acids is 1. The van der Waals surface area contributed by atoms with Crippen LogP contribution in [0.2, 0.25) is 5.02 Å². The third kappa shape index (κ3) is 6.27. The van der Waals surface area contributed by atoms with Gasteiger partial charge in [0.25, 0.3) is 5.91 Å². The summed E-state index contributed by atoms with van der Waals surface area (Å²) in [7, 11) is 1.43. The standard InChI is InChI=1S/C27H23ClN2O5S/c1-34-22-13-20(12-21(28)25(22)35-17-24(31)32)14-23-26(33)30(16-19-10-6-3-7-11-19)27(36-23)29-15-18-8-4-2-5-9-18/h2-14H,15-17H2,1H3,(H,31,32)/b23-14+,29-27?. The highest BCUT2D eigenvalue weighted by molar-refractivity contribution is 8.18. The lowest BCUT2D eigenvalue weighted by molar-refractivity contribution is -0.139. The number of carbonyl (C=O) groups is 2. The van der Waals surface area contributed by atoms with Gasteiger partial charge in [0.05, 0.1) is 30.1 Å². The monoisotopic (exact) mass is 522 g/mol. The molecule has 0 aromatic heterocycles. The number of methoxy groups -OCH3 is 1. The maximum atomic E-state index is 13.4. The van der Waals surface area contributed by atoms with Gasteiger partial charge in [-0.1, -0.05) is 72.3 Å². The van der Waals surface area contributed by atoms with E-state index in [2.05, 4.69) is 0 Å². The van der Waals surface area contributed by atoms with Gasteiger partial charge >= 0.3 is 5.97 Å². The van der Waals surface area contributed by atoms with Crippen LogP contribution in [-0.2, 0) is 22.7 Å². The van der Waals surface area contributed by atoms with Crippen molar-refractivity contribution in [3.63, 3.8) is 0 Å². The van der Waals surface area contributed by atoms with Crippen LogP contribution in [0, 0.1) is 0 Å². The Bertz CT molecular complexity index is 1310. The number of thioether (sulfide) groups is 1. The van der Waals surface area contributed by atoms with Crippen LogP contribution in [0.5, 0.6) is 11.5 Å². The molecule has 1 fully saturated rings. The second-order valence-electron chi connectivity index (χ2n) is 7.79. The van der Waals surface area contributed by atoms with Crippen molar-refractivity contribution >= 4 is 46.5 Å². The van der Waals surface area contributed by atoms with E-state index in [-0.39, 0.29) is 22.4 Å². The predicted molar refractivity (Wildman–Crippen MR) is 141 cm³/mol. The summed E-state index contributed by atoms with van der Waals surface area (Å²) in [5, 5.41) is 9.69. The molecule has 7 nitrogen and oxygen atoms in total. The lowest BCUT2D eigenvalue weighted by atomic mass is 10.1. The molecule has 1 amide bonds. The Labute approximate surface area is 218 Å². The normalized spacial score (nSPS) is 15.5. The first kappa shape index (κ1) is 25.3. The summed E-state index contributed by atoms with van der Waals surface area (Å²) < 4.78 is 10.6. The van der Waals surface area contributed by atoms with Gasteiger partial charge in [-0.2, -0.15) is 0 Å². The van der Waals surface area contributed by atoms with Crippen molar-refractivity contribution in [1.82, 2.24) is 4.90 Å². The minimum absolute atomic E-state index is 0.130. The average molecular weight is 523 g/mol. The van der Waals surface area contributed by atoms with E-state index in [1.54, 1.807) is 23.1 Å².